The summed E-state index contributed by atoms with van der Waals surface area (Å²) in [5.41, 5.74) is 2.93. The van der Waals surface area contributed by atoms with Crippen LogP contribution in [-0.2, 0) is 0 Å². The molecule has 0 saturated heterocycles. The average Bonchev–Trinajstić information content (AvgIpc) is 2.49. The summed E-state index contributed by atoms with van der Waals surface area (Å²) >= 11 is 0. The number of nitrogens with zero attached hydrogens (tertiary/aromatic N) is 4. The molecule has 0 radical (unpaired) electrons. The Labute approximate surface area is 75.9 Å². The van der Waals surface area contributed by atoms with Crippen molar-refractivity contribution >= 4 is 17.2 Å². The molecular formula is C9H10N4. The van der Waals surface area contributed by atoms with Crippen LogP contribution in [0.1, 0.15) is 12.5 Å². The molecule has 0 saturated carbocycles. The van der Waals surface area contributed by atoms with Gasteiger partial charge in [0.15, 0.2) is 0 Å². The van der Waals surface area contributed by atoms with E-state index in [-0.39, 0.29) is 0 Å². The fraction of sp³-hybridized carbons (Fsp3) is 0.222. The van der Waals surface area contributed by atoms with Crippen LogP contribution in [0.4, 0.5) is 0 Å². The summed E-state index contributed by atoms with van der Waals surface area (Å²) in [5, 5.41) is 8.16. The van der Waals surface area contributed by atoms with Gasteiger partial charge in [-0.15, -0.1) is 4.79 Å². The van der Waals surface area contributed by atoms with Gasteiger partial charge in [-0.3, -0.25) is 4.98 Å². The normalized spacial score (nSPS) is 11.5. The van der Waals surface area contributed by atoms with Crippen LogP contribution in [0.5, 0.6) is 0 Å². The predicted molar refractivity (Wildman–Crippen MR) is 51.8 cm³/mol. The minimum atomic E-state index is 0.871. The second kappa shape index (κ2) is 2.97. The Kier molecular flexibility index (Phi) is 1.81. The summed E-state index contributed by atoms with van der Waals surface area (Å²) in [5.74, 6) is 0. The molecule has 2 heterocycles. The molecule has 4 heteroatoms. The lowest BCUT2D eigenvalue weighted by atomic mass is 10.3. The second-order valence-corrected chi connectivity index (χ2v) is 2.82. The van der Waals surface area contributed by atoms with Crippen LogP contribution in [0.2, 0.25) is 0 Å². The van der Waals surface area contributed by atoms with Gasteiger partial charge in [-0.2, -0.15) is 10.2 Å². The lowest BCUT2D eigenvalue weighted by Crippen LogP contribution is -1.90. The summed E-state index contributed by atoms with van der Waals surface area (Å²) in [7, 11) is 0. The minimum absolute atomic E-state index is 0.871. The Hall–Kier alpha value is -1.71. The van der Waals surface area contributed by atoms with Gasteiger partial charge in [-0.25, -0.2) is 0 Å². The first kappa shape index (κ1) is 7.91. The van der Waals surface area contributed by atoms with Gasteiger partial charge < -0.3 is 0 Å². The number of hydrogen-bond acceptors (Lipinski definition) is 3. The fourth-order valence-electron chi connectivity index (χ4n) is 1.20. The van der Waals surface area contributed by atoms with Crippen molar-refractivity contribution in [3.63, 3.8) is 0 Å². The van der Waals surface area contributed by atoms with Crippen molar-refractivity contribution in [2.75, 3.05) is 0 Å². The molecular weight excluding hydrogens is 164 g/mol. The van der Waals surface area contributed by atoms with Gasteiger partial charge in [-0.1, -0.05) is 0 Å². The molecule has 0 atom stereocenters. The molecule has 0 aliphatic carbocycles. The summed E-state index contributed by atoms with van der Waals surface area (Å²) in [6, 6.07) is 2.02. The third kappa shape index (κ3) is 1.30. The summed E-state index contributed by atoms with van der Waals surface area (Å²) in [4.78, 5) is 5.81. The third-order valence-electron chi connectivity index (χ3n) is 1.76. The minimum Gasteiger partial charge on any atom is -0.253 e. The SMILES string of the molecule is CC=Nn1ncc2ncc(C)cc21. The van der Waals surface area contributed by atoms with Crippen molar-refractivity contribution in [2.45, 2.75) is 13.8 Å². The van der Waals surface area contributed by atoms with E-state index in [0.717, 1.165) is 16.6 Å². The van der Waals surface area contributed by atoms with Gasteiger partial charge in [0, 0.05) is 12.4 Å². The molecule has 0 bridgehead atoms. The van der Waals surface area contributed by atoms with Crippen molar-refractivity contribution in [3.8, 4) is 0 Å². The molecule has 13 heavy (non-hydrogen) atoms. The maximum Gasteiger partial charge on any atom is 0.113 e. The average molecular weight is 174 g/mol. The van der Waals surface area contributed by atoms with E-state index in [9.17, 15) is 0 Å². The summed E-state index contributed by atoms with van der Waals surface area (Å²) < 4.78 is 0. The molecule has 0 spiro atoms. The predicted octanol–water partition coefficient (Wildman–Crippen LogP) is 1.59. The van der Waals surface area contributed by atoms with Gasteiger partial charge in [0.05, 0.1) is 6.20 Å². The monoisotopic (exact) mass is 174 g/mol. The number of hydrogen-bond donors (Lipinski definition) is 0. The van der Waals surface area contributed by atoms with Crippen molar-refractivity contribution in [1.29, 1.82) is 0 Å². The third-order valence-corrected chi connectivity index (χ3v) is 1.76. The molecule has 0 amide bonds. The maximum atomic E-state index is 4.23. The molecule has 2 aromatic rings. The summed E-state index contributed by atoms with van der Waals surface area (Å²) in [6.45, 7) is 3.86. The van der Waals surface area contributed by atoms with E-state index >= 15 is 0 Å². The molecule has 0 aliphatic heterocycles. The van der Waals surface area contributed by atoms with Crippen LogP contribution in [0.25, 0.3) is 11.0 Å². The first-order chi connectivity index (χ1) is 6.31. The largest absolute Gasteiger partial charge is 0.253 e. The van der Waals surface area contributed by atoms with Crippen LogP contribution in [0, 0.1) is 6.92 Å². The van der Waals surface area contributed by atoms with Crippen LogP contribution >= 0.6 is 0 Å². The van der Waals surface area contributed by atoms with E-state index in [0.29, 0.717) is 0 Å². The van der Waals surface area contributed by atoms with Gasteiger partial charge in [0.2, 0.25) is 0 Å². The molecule has 2 rings (SSSR count). The Morgan fingerprint density at radius 2 is 2.31 bits per heavy atom. The molecule has 0 unspecified atom stereocenters. The fourth-order valence-corrected chi connectivity index (χ4v) is 1.20. The van der Waals surface area contributed by atoms with Crippen molar-refractivity contribution in [1.82, 2.24) is 14.9 Å². The number of fused-ring (bicyclic) bond motifs is 1. The molecule has 0 N–H and O–H groups in total. The van der Waals surface area contributed by atoms with E-state index < -0.39 is 0 Å². The van der Waals surface area contributed by atoms with E-state index in [2.05, 4.69) is 15.2 Å². The van der Waals surface area contributed by atoms with Crippen molar-refractivity contribution in [3.05, 3.63) is 24.0 Å². The van der Waals surface area contributed by atoms with Gasteiger partial charge in [-0.05, 0) is 25.5 Å². The zero-order valence-corrected chi connectivity index (χ0v) is 7.60. The Morgan fingerprint density at radius 1 is 1.46 bits per heavy atom. The lowest BCUT2D eigenvalue weighted by molar-refractivity contribution is 0.772. The Morgan fingerprint density at radius 3 is 3.08 bits per heavy atom. The highest BCUT2D eigenvalue weighted by molar-refractivity contribution is 5.74. The zero-order valence-electron chi connectivity index (χ0n) is 7.60. The van der Waals surface area contributed by atoms with Crippen molar-refractivity contribution in [2.24, 2.45) is 5.10 Å². The van der Waals surface area contributed by atoms with Crippen LogP contribution in [-0.4, -0.2) is 21.1 Å². The van der Waals surface area contributed by atoms with Gasteiger partial charge >= 0.3 is 0 Å². The molecule has 0 aliphatic rings. The van der Waals surface area contributed by atoms with E-state index in [1.807, 2.05) is 26.1 Å². The number of pyridine rings is 1. The molecule has 0 fully saturated rings. The molecule has 4 nitrogen and oxygen atoms in total. The molecule has 0 aromatic carbocycles. The second-order valence-electron chi connectivity index (χ2n) is 2.82. The smallest absolute Gasteiger partial charge is 0.113 e. The zero-order chi connectivity index (χ0) is 9.26. The van der Waals surface area contributed by atoms with E-state index in [1.165, 1.54) is 0 Å². The highest BCUT2D eigenvalue weighted by Gasteiger charge is 2.01. The van der Waals surface area contributed by atoms with Gasteiger partial charge in [0.1, 0.15) is 11.0 Å². The van der Waals surface area contributed by atoms with Crippen LogP contribution in [0.3, 0.4) is 0 Å². The molecule has 2 aromatic heterocycles. The van der Waals surface area contributed by atoms with Gasteiger partial charge in [0.25, 0.3) is 0 Å². The highest BCUT2D eigenvalue weighted by Crippen LogP contribution is 2.11. The van der Waals surface area contributed by atoms with Crippen molar-refractivity contribution < 1.29 is 0 Å². The lowest BCUT2D eigenvalue weighted by Gasteiger charge is -1.94. The number of rotatable bonds is 1. The Bertz CT molecular complexity index is 456. The summed E-state index contributed by atoms with van der Waals surface area (Å²) in [6.07, 6.45) is 5.24. The van der Waals surface area contributed by atoms with E-state index in [4.69, 9.17) is 0 Å². The van der Waals surface area contributed by atoms with Crippen LogP contribution < -0.4 is 0 Å². The first-order valence-corrected chi connectivity index (χ1v) is 4.10. The first-order valence-electron chi connectivity index (χ1n) is 4.10. The number of aryl methyl sites for hydroxylation is 1. The topological polar surface area (TPSA) is 43.1 Å². The highest BCUT2D eigenvalue weighted by atomic mass is 15.5. The Balaban J connectivity index is 2.71. The van der Waals surface area contributed by atoms with Crippen LogP contribution in [0.15, 0.2) is 23.6 Å². The maximum absolute atomic E-state index is 4.23. The standard InChI is InChI=1S/C9H10N4/c1-3-11-13-9-4-7(2)5-10-8(9)6-12-13/h3-6H,1-2H3. The number of aromatic nitrogens is 3. The quantitative estimate of drug-likeness (QED) is 0.616. The molecule has 66 valence electrons. The van der Waals surface area contributed by atoms with E-state index in [1.54, 1.807) is 17.2 Å².